The summed E-state index contributed by atoms with van der Waals surface area (Å²) < 4.78 is 5.71. The van der Waals surface area contributed by atoms with E-state index in [2.05, 4.69) is 15.1 Å². The normalized spacial score (nSPS) is 13.7. The standard InChI is InChI=1S/C23H28N4O3/c1-26(2)10-11-30-17-8-6-16(7-9-17)27(3)23(29)19-13-18-20(12-15-4-5-15)24-25-21(18)14-22(19)28/h6-9,13-15,28H,4-5,10-12H2,1-3H3,(H,24,25). The summed E-state index contributed by atoms with van der Waals surface area (Å²) in [6.07, 6.45) is 3.37. The lowest BCUT2D eigenvalue weighted by atomic mass is 10.1. The van der Waals surface area contributed by atoms with Crippen molar-refractivity contribution < 1.29 is 14.6 Å². The Morgan fingerprint density at radius 1 is 1.20 bits per heavy atom. The van der Waals surface area contributed by atoms with E-state index in [9.17, 15) is 9.90 Å². The summed E-state index contributed by atoms with van der Waals surface area (Å²) in [6.45, 7) is 1.43. The van der Waals surface area contributed by atoms with Crippen LogP contribution in [0.25, 0.3) is 10.9 Å². The molecule has 0 radical (unpaired) electrons. The number of anilines is 1. The third kappa shape index (κ3) is 4.41. The summed E-state index contributed by atoms with van der Waals surface area (Å²) in [5, 5.41) is 18.7. The molecule has 1 aromatic heterocycles. The monoisotopic (exact) mass is 408 g/mol. The smallest absolute Gasteiger partial charge is 0.261 e. The van der Waals surface area contributed by atoms with Gasteiger partial charge in [0, 0.05) is 30.7 Å². The number of likely N-dealkylation sites (N-methyl/N-ethyl adjacent to an activating group) is 1. The molecular weight excluding hydrogens is 380 g/mol. The Morgan fingerprint density at radius 3 is 2.60 bits per heavy atom. The van der Waals surface area contributed by atoms with E-state index in [1.807, 2.05) is 38.4 Å². The number of nitrogens with zero attached hydrogens (tertiary/aromatic N) is 3. The van der Waals surface area contributed by atoms with Crippen molar-refractivity contribution in [1.82, 2.24) is 15.1 Å². The Kier molecular flexibility index (Phi) is 5.63. The fourth-order valence-corrected chi connectivity index (χ4v) is 3.44. The molecule has 2 N–H and O–H groups in total. The third-order valence-electron chi connectivity index (χ3n) is 5.50. The van der Waals surface area contributed by atoms with E-state index in [0.29, 0.717) is 12.5 Å². The first-order valence-electron chi connectivity index (χ1n) is 10.3. The number of fused-ring (bicyclic) bond motifs is 1. The summed E-state index contributed by atoms with van der Waals surface area (Å²) in [5.74, 6) is 1.12. The van der Waals surface area contributed by atoms with Gasteiger partial charge in [0.25, 0.3) is 5.91 Å². The Morgan fingerprint density at radius 2 is 1.93 bits per heavy atom. The minimum Gasteiger partial charge on any atom is -0.507 e. The number of aromatic hydroxyl groups is 1. The number of ether oxygens (including phenoxy) is 1. The molecule has 0 unspecified atom stereocenters. The number of amides is 1. The molecule has 7 heteroatoms. The van der Waals surface area contributed by atoms with E-state index >= 15 is 0 Å². The molecule has 3 aromatic rings. The molecule has 7 nitrogen and oxygen atoms in total. The number of nitrogens with one attached hydrogen (secondary N) is 1. The van der Waals surface area contributed by atoms with Crippen LogP contribution in [0.2, 0.25) is 0 Å². The highest BCUT2D eigenvalue weighted by atomic mass is 16.5. The summed E-state index contributed by atoms with van der Waals surface area (Å²) in [5.41, 5.74) is 2.71. The van der Waals surface area contributed by atoms with Gasteiger partial charge < -0.3 is 19.6 Å². The molecule has 1 amide bonds. The quantitative estimate of drug-likeness (QED) is 0.597. The van der Waals surface area contributed by atoms with Gasteiger partial charge in [-0.3, -0.25) is 9.89 Å². The summed E-state index contributed by atoms with van der Waals surface area (Å²) in [4.78, 5) is 16.7. The lowest BCUT2D eigenvalue weighted by Crippen LogP contribution is -2.26. The number of hydrogen-bond acceptors (Lipinski definition) is 5. The lowest BCUT2D eigenvalue weighted by molar-refractivity contribution is 0.0990. The fraction of sp³-hybridized carbons (Fsp3) is 0.391. The molecule has 0 aliphatic heterocycles. The molecule has 2 aromatic carbocycles. The van der Waals surface area contributed by atoms with Gasteiger partial charge in [-0.25, -0.2) is 0 Å². The van der Waals surface area contributed by atoms with Gasteiger partial charge in [0.2, 0.25) is 0 Å². The van der Waals surface area contributed by atoms with E-state index in [4.69, 9.17) is 4.74 Å². The highest BCUT2D eigenvalue weighted by Crippen LogP contribution is 2.35. The number of rotatable bonds is 8. The number of benzene rings is 2. The summed E-state index contributed by atoms with van der Waals surface area (Å²) in [6, 6.07) is 10.7. The first-order valence-corrected chi connectivity index (χ1v) is 10.3. The van der Waals surface area contributed by atoms with Crippen LogP contribution in [0, 0.1) is 5.92 Å². The maximum absolute atomic E-state index is 13.1. The number of aromatic nitrogens is 2. The van der Waals surface area contributed by atoms with Gasteiger partial charge in [-0.2, -0.15) is 5.10 Å². The number of phenolic OH excluding ortho intramolecular Hbond substituents is 1. The van der Waals surface area contributed by atoms with Crippen molar-refractivity contribution in [3.63, 3.8) is 0 Å². The topological polar surface area (TPSA) is 81.7 Å². The molecule has 0 spiro atoms. The second kappa shape index (κ2) is 8.36. The predicted octanol–water partition coefficient (Wildman–Crippen LogP) is 3.44. The van der Waals surface area contributed by atoms with Crippen LogP contribution in [0.3, 0.4) is 0 Å². The van der Waals surface area contributed by atoms with Crippen LogP contribution in [-0.2, 0) is 6.42 Å². The van der Waals surface area contributed by atoms with Crippen LogP contribution >= 0.6 is 0 Å². The van der Waals surface area contributed by atoms with Gasteiger partial charge >= 0.3 is 0 Å². The van der Waals surface area contributed by atoms with E-state index < -0.39 is 0 Å². The summed E-state index contributed by atoms with van der Waals surface area (Å²) >= 11 is 0. The Labute approximate surface area is 176 Å². The molecule has 1 aliphatic rings. The molecule has 158 valence electrons. The van der Waals surface area contributed by atoms with E-state index in [-0.39, 0.29) is 17.2 Å². The highest BCUT2D eigenvalue weighted by Gasteiger charge is 2.25. The first-order chi connectivity index (χ1) is 14.4. The second-order valence-electron chi connectivity index (χ2n) is 8.24. The minimum absolute atomic E-state index is 0.0513. The molecule has 0 bridgehead atoms. The van der Waals surface area contributed by atoms with Crippen molar-refractivity contribution in [3.8, 4) is 11.5 Å². The number of H-pyrrole nitrogens is 1. The van der Waals surface area contributed by atoms with Crippen LogP contribution in [-0.4, -0.2) is 60.4 Å². The van der Waals surface area contributed by atoms with Crippen LogP contribution < -0.4 is 9.64 Å². The predicted molar refractivity (Wildman–Crippen MR) is 117 cm³/mol. The number of aromatic amines is 1. The average molecular weight is 409 g/mol. The van der Waals surface area contributed by atoms with Crippen LogP contribution in [0.1, 0.15) is 28.9 Å². The van der Waals surface area contributed by atoms with E-state index in [0.717, 1.165) is 41.0 Å². The largest absolute Gasteiger partial charge is 0.507 e. The number of carbonyl (C=O) groups excluding carboxylic acids is 1. The second-order valence-corrected chi connectivity index (χ2v) is 8.24. The molecule has 1 heterocycles. The maximum atomic E-state index is 13.1. The van der Waals surface area contributed by atoms with Gasteiger partial charge in [0.15, 0.2) is 0 Å². The molecule has 1 saturated carbocycles. The Balaban J connectivity index is 1.51. The maximum Gasteiger partial charge on any atom is 0.261 e. The van der Waals surface area contributed by atoms with Gasteiger partial charge in [-0.15, -0.1) is 0 Å². The third-order valence-corrected chi connectivity index (χ3v) is 5.50. The molecule has 0 atom stereocenters. The van der Waals surface area contributed by atoms with Gasteiger partial charge in [-0.05, 0) is 69.6 Å². The van der Waals surface area contributed by atoms with Crippen molar-refractivity contribution in [2.45, 2.75) is 19.3 Å². The Hall–Kier alpha value is -3.06. The molecule has 1 fully saturated rings. The summed E-state index contributed by atoms with van der Waals surface area (Å²) in [7, 11) is 5.70. The van der Waals surface area contributed by atoms with Gasteiger partial charge in [-0.1, -0.05) is 0 Å². The van der Waals surface area contributed by atoms with Crippen molar-refractivity contribution in [2.75, 3.05) is 39.2 Å². The molecule has 30 heavy (non-hydrogen) atoms. The fourth-order valence-electron chi connectivity index (χ4n) is 3.44. The number of phenols is 1. The minimum atomic E-state index is -0.269. The van der Waals surface area contributed by atoms with Crippen LogP contribution in [0.5, 0.6) is 11.5 Å². The van der Waals surface area contributed by atoms with Crippen molar-refractivity contribution >= 4 is 22.5 Å². The van der Waals surface area contributed by atoms with Crippen molar-refractivity contribution in [3.05, 3.63) is 47.7 Å². The zero-order chi connectivity index (χ0) is 21.3. The van der Waals surface area contributed by atoms with E-state index in [1.165, 1.54) is 17.7 Å². The lowest BCUT2D eigenvalue weighted by Gasteiger charge is -2.19. The zero-order valence-electron chi connectivity index (χ0n) is 17.7. The zero-order valence-corrected chi connectivity index (χ0v) is 17.7. The SMILES string of the molecule is CN(C)CCOc1ccc(N(C)C(=O)c2cc3c(CC4CC4)n[nH]c3cc2O)cc1. The van der Waals surface area contributed by atoms with Crippen LogP contribution in [0.4, 0.5) is 5.69 Å². The average Bonchev–Trinajstić information content (AvgIpc) is 3.46. The molecule has 0 saturated heterocycles. The molecule has 1 aliphatic carbocycles. The number of hydrogen-bond donors (Lipinski definition) is 2. The van der Waals surface area contributed by atoms with Crippen molar-refractivity contribution in [1.29, 1.82) is 0 Å². The molecular formula is C23H28N4O3. The van der Waals surface area contributed by atoms with Crippen LogP contribution in [0.15, 0.2) is 36.4 Å². The van der Waals surface area contributed by atoms with Gasteiger partial charge in [0.1, 0.15) is 18.1 Å². The van der Waals surface area contributed by atoms with Crippen molar-refractivity contribution in [2.24, 2.45) is 5.92 Å². The first kappa shape index (κ1) is 20.2. The number of carbonyl (C=O) groups is 1. The molecule has 4 rings (SSSR count). The van der Waals surface area contributed by atoms with Gasteiger partial charge in [0.05, 0.1) is 16.8 Å². The Bertz CT molecular complexity index is 1040. The van der Waals surface area contributed by atoms with E-state index in [1.54, 1.807) is 19.2 Å². The highest BCUT2D eigenvalue weighted by molar-refractivity contribution is 6.09.